The van der Waals surface area contributed by atoms with Gasteiger partial charge in [0.1, 0.15) is 23.2 Å². The van der Waals surface area contributed by atoms with Crippen LogP contribution >= 0.6 is 11.6 Å². The number of hydrogen-bond acceptors (Lipinski definition) is 9. The van der Waals surface area contributed by atoms with Gasteiger partial charge in [0.2, 0.25) is 5.95 Å². The highest BCUT2D eigenvalue weighted by Crippen LogP contribution is 2.28. The van der Waals surface area contributed by atoms with Crippen molar-refractivity contribution in [3.8, 4) is 11.8 Å². The number of nitrogens with one attached hydrogen (secondary N) is 2. The number of nitrogens with zero attached hydrogens (tertiary/aromatic N) is 3. The van der Waals surface area contributed by atoms with Crippen LogP contribution in [0.1, 0.15) is 35.0 Å². The van der Waals surface area contributed by atoms with E-state index in [4.69, 9.17) is 17.3 Å². The number of nitrogens with two attached hydrogens (primary N) is 1. The van der Waals surface area contributed by atoms with Crippen LogP contribution in [0.3, 0.4) is 0 Å². The molecule has 2 aromatic rings. The van der Waals surface area contributed by atoms with E-state index >= 15 is 0 Å². The number of rotatable bonds is 5. The summed E-state index contributed by atoms with van der Waals surface area (Å²) in [6.45, 7) is 1.86. The normalized spacial score (nSPS) is 20.1. The average Bonchev–Trinajstić information content (AvgIpc) is 3.01. The summed E-state index contributed by atoms with van der Waals surface area (Å²) in [6, 6.07) is 2.57. The number of Topliss-reactive ketones (excluding diaryl/α,β-unsaturated/α-hetero) is 1. The summed E-state index contributed by atoms with van der Waals surface area (Å²) in [7, 11) is 0. The Balaban J connectivity index is 1.96. The van der Waals surface area contributed by atoms with Gasteiger partial charge in [-0.15, -0.1) is 0 Å². The van der Waals surface area contributed by atoms with Crippen molar-refractivity contribution >= 4 is 35.1 Å². The molecule has 3 rings (SSSR count). The number of carbonyl (C=O) groups excluding carboxylic acids is 2. The zero-order valence-corrected chi connectivity index (χ0v) is 17.3. The zero-order chi connectivity index (χ0) is 22.5. The Morgan fingerprint density at radius 1 is 1.39 bits per heavy atom. The van der Waals surface area contributed by atoms with E-state index in [1.54, 1.807) is 19.1 Å². The first kappa shape index (κ1) is 22.4. The minimum atomic E-state index is -1.32. The molecule has 0 radical (unpaired) electrons. The molecule has 31 heavy (non-hydrogen) atoms. The predicted octanol–water partition coefficient (Wildman–Crippen LogP) is -0.0206. The molecular weight excluding hydrogens is 424 g/mol. The molecule has 0 spiro atoms. The molecule has 162 valence electrons. The van der Waals surface area contributed by atoms with Gasteiger partial charge in [-0.3, -0.25) is 9.59 Å². The summed E-state index contributed by atoms with van der Waals surface area (Å²) in [5.41, 5.74) is 6.39. The molecule has 2 aromatic heterocycles. The predicted molar refractivity (Wildman–Crippen MR) is 113 cm³/mol. The number of carbonyl (C=O) groups is 2. The highest BCUT2D eigenvalue weighted by atomic mass is 35.5. The summed E-state index contributed by atoms with van der Waals surface area (Å²) < 4.78 is 0. The molecule has 0 saturated heterocycles. The molecule has 1 saturated carbocycles. The summed E-state index contributed by atoms with van der Waals surface area (Å²) in [5.74, 6) is 4.18. The maximum Gasteiger partial charge on any atom is 0.271 e. The zero-order valence-electron chi connectivity index (χ0n) is 16.6. The van der Waals surface area contributed by atoms with E-state index in [2.05, 4.69) is 37.4 Å². The highest BCUT2D eigenvalue weighted by molar-refractivity contribution is 6.31. The number of hydrogen-bond donors (Lipinski definition) is 5. The quantitative estimate of drug-likeness (QED) is 0.315. The second kappa shape index (κ2) is 9.70. The molecule has 0 bridgehead atoms. The van der Waals surface area contributed by atoms with Crippen molar-refractivity contribution in [2.75, 3.05) is 24.2 Å². The van der Waals surface area contributed by atoms with Crippen molar-refractivity contribution < 1.29 is 19.8 Å². The van der Waals surface area contributed by atoms with Gasteiger partial charge in [-0.1, -0.05) is 23.4 Å². The molecule has 6 N–H and O–H groups in total. The third kappa shape index (κ3) is 4.91. The number of halogens is 1. The van der Waals surface area contributed by atoms with Crippen molar-refractivity contribution in [2.45, 2.75) is 25.5 Å². The molecule has 2 heterocycles. The van der Waals surface area contributed by atoms with Gasteiger partial charge >= 0.3 is 0 Å². The summed E-state index contributed by atoms with van der Waals surface area (Å²) >= 11 is 6.22. The van der Waals surface area contributed by atoms with Crippen LogP contribution in [-0.2, 0) is 4.79 Å². The van der Waals surface area contributed by atoms with Crippen LogP contribution in [-0.4, -0.2) is 62.2 Å². The molecule has 3 atom stereocenters. The molecule has 11 heteroatoms. The van der Waals surface area contributed by atoms with Crippen molar-refractivity contribution in [3.05, 3.63) is 40.3 Å². The number of amides is 1. The third-order valence-corrected chi connectivity index (χ3v) is 4.99. The lowest BCUT2D eigenvalue weighted by atomic mass is 10.1. The number of ketones is 1. The Kier molecular flexibility index (Phi) is 7.02. The summed E-state index contributed by atoms with van der Waals surface area (Å²) in [5, 5.41) is 25.1. The SMILES string of the molecule is CCNC(=O)c1ncccc1C#Cc1c(Cl)nc(N)nc1N[C@@H]1C[C@H](CO)C(=O)[C@H]1O. The Hall–Kier alpha value is -3.26. The van der Waals surface area contributed by atoms with Gasteiger partial charge in [-0.05, 0) is 25.5 Å². The second-order valence-corrected chi connectivity index (χ2v) is 7.18. The van der Waals surface area contributed by atoms with Crippen molar-refractivity contribution in [2.24, 2.45) is 5.92 Å². The van der Waals surface area contributed by atoms with E-state index in [1.807, 2.05) is 0 Å². The van der Waals surface area contributed by atoms with Crippen LogP contribution in [0.2, 0.25) is 5.15 Å². The maximum atomic E-state index is 12.2. The van der Waals surface area contributed by atoms with Crippen LogP contribution in [0.15, 0.2) is 18.3 Å². The average molecular weight is 445 g/mol. The molecule has 10 nitrogen and oxygen atoms in total. The molecule has 1 aliphatic rings. The fourth-order valence-electron chi connectivity index (χ4n) is 3.20. The molecule has 0 unspecified atom stereocenters. The fourth-order valence-corrected chi connectivity index (χ4v) is 3.42. The molecule has 0 aromatic carbocycles. The Morgan fingerprint density at radius 3 is 2.84 bits per heavy atom. The molecule has 0 aliphatic heterocycles. The lowest BCUT2D eigenvalue weighted by molar-refractivity contribution is -0.128. The smallest absolute Gasteiger partial charge is 0.271 e. The first-order valence-electron chi connectivity index (χ1n) is 9.53. The van der Waals surface area contributed by atoms with Gasteiger partial charge in [0, 0.05) is 18.7 Å². The minimum Gasteiger partial charge on any atom is -0.396 e. The van der Waals surface area contributed by atoms with Crippen LogP contribution in [0.4, 0.5) is 11.8 Å². The molecular formula is C20H21ClN6O4. The maximum absolute atomic E-state index is 12.2. The van der Waals surface area contributed by atoms with E-state index in [1.165, 1.54) is 6.20 Å². The summed E-state index contributed by atoms with van der Waals surface area (Å²) in [4.78, 5) is 36.3. The van der Waals surface area contributed by atoms with Gasteiger partial charge in [-0.2, -0.15) is 9.97 Å². The van der Waals surface area contributed by atoms with Crippen molar-refractivity contribution in [1.82, 2.24) is 20.3 Å². The van der Waals surface area contributed by atoms with Gasteiger partial charge in [-0.25, -0.2) is 4.98 Å². The molecule has 1 fully saturated rings. The van der Waals surface area contributed by atoms with E-state index in [-0.39, 0.29) is 47.1 Å². The van der Waals surface area contributed by atoms with E-state index < -0.39 is 23.8 Å². The number of aliphatic hydroxyl groups is 2. The molecule has 1 amide bonds. The van der Waals surface area contributed by atoms with Gasteiger partial charge in [0.15, 0.2) is 10.9 Å². The number of aliphatic hydroxyl groups excluding tert-OH is 2. The Bertz CT molecular complexity index is 1070. The van der Waals surface area contributed by atoms with E-state index in [0.717, 1.165) is 0 Å². The van der Waals surface area contributed by atoms with E-state index in [0.29, 0.717) is 12.1 Å². The number of aromatic nitrogens is 3. The van der Waals surface area contributed by atoms with Crippen LogP contribution in [0, 0.1) is 17.8 Å². The third-order valence-electron chi connectivity index (χ3n) is 4.72. The van der Waals surface area contributed by atoms with Crippen molar-refractivity contribution in [1.29, 1.82) is 0 Å². The lowest BCUT2D eigenvalue weighted by Gasteiger charge is -2.17. The summed E-state index contributed by atoms with van der Waals surface area (Å²) in [6.07, 6.45) is 0.364. The Labute approximate surface area is 183 Å². The lowest BCUT2D eigenvalue weighted by Crippen LogP contribution is -2.33. The largest absolute Gasteiger partial charge is 0.396 e. The second-order valence-electron chi connectivity index (χ2n) is 6.82. The van der Waals surface area contributed by atoms with Crippen molar-refractivity contribution in [3.63, 3.8) is 0 Å². The monoisotopic (exact) mass is 444 g/mol. The number of nitrogen functional groups attached to an aromatic ring is 1. The fraction of sp³-hybridized carbons (Fsp3) is 0.350. The van der Waals surface area contributed by atoms with Crippen LogP contribution < -0.4 is 16.4 Å². The van der Waals surface area contributed by atoms with Gasteiger partial charge in [0.05, 0.1) is 18.2 Å². The first-order chi connectivity index (χ1) is 14.8. The number of pyridine rings is 1. The minimum absolute atomic E-state index is 0.0385. The van der Waals surface area contributed by atoms with Crippen LogP contribution in [0.25, 0.3) is 0 Å². The Morgan fingerprint density at radius 2 is 2.16 bits per heavy atom. The van der Waals surface area contributed by atoms with E-state index in [9.17, 15) is 19.8 Å². The standard InChI is InChI=1S/C20H21ClN6O4/c1-2-23-19(31)14-10(4-3-7-24-14)5-6-12-17(21)26-20(22)27-18(12)25-13-8-11(9-28)15(29)16(13)30/h3-4,7,11,13,16,28,30H,2,8-9H2,1H3,(H,23,31)(H3,22,25,26,27)/t11-,13-,16+/m1/s1. The number of anilines is 2. The van der Waals surface area contributed by atoms with Gasteiger partial charge in [0.25, 0.3) is 5.91 Å². The highest BCUT2D eigenvalue weighted by Gasteiger charge is 2.41. The topological polar surface area (TPSA) is 163 Å². The van der Waals surface area contributed by atoms with Crippen LogP contribution in [0.5, 0.6) is 0 Å². The van der Waals surface area contributed by atoms with Gasteiger partial charge < -0.3 is 26.6 Å². The molecule has 1 aliphatic carbocycles. The first-order valence-corrected chi connectivity index (χ1v) is 9.90.